The van der Waals surface area contributed by atoms with Crippen LogP contribution in [0.1, 0.15) is 56.7 Å². The molecule has 2 aliphatic rings. The molecule has 35 heavy (non-hydrogen) atoms. The number of Topliss-reactive ketones (excluding diaryl/α,β-unsaturated/α-hetero) is 1. The largest absolute Gasteiger partial charge is 0.507 e. The Morgan fingerprint density at radius 1 is 1.03 bits per heavy atom. The van der Waals surface area contributed by atoms with Crippen molar-refractivity contribution in [1.82, 2.24) is 4.90 Å². The second-order valence-corrected chi connectivity index (χ2v) is 9.47. The van der Waals surface area contributed by atoms with E-state index in [-0.39, 0.29) is 34.8 Å². The predicted octanol–water partition coefficient (Wildman–Crippen LogP) is 5.51. The van der Waals surface area contributed by atoms with Gasteiger partial charge in [0.2, 0.25) is 0 Å². The summed E-state index contributed by atoms with van der Waals surface area (Å²) in [6, 6.07) is 9.51. The van der Waals surface area contributed by atoms with Crippen LogP contribution in [-0.2, 0) is 9.59 Å². The zero-order chi connectivity index (χ0) is 25.3. The lowest BCUT2D eigenvalue weighted by Crippen LogP contribution is -2.37. The number of amides is 1. The Balaban J connectivity index is 1.89. The van der Waals surface area contributed by atoms with E-state index in [4.69, 9.17) is 25.8 Å². The van der Waals surface area contributed by atoms with Crippen molar-refractivity contribution in [3.8, 4) is 17.2 Å². The van der Waals surface area contributed by atoms with Gasteiger partial charge in [0, 0.05) is 12.1 Å². The minimum atomic E-state index is -0.738. The van der Waals surface area contributed by atoms with Gasteiger partial charge in [-0.25, -0.2) is 0 Å². The lowest BCUT2D eigenvalue weighted by molar-refractivity contribution is -0.141. The fourth-order valence-corrected chi connectivity index (χ4v) is 5.16. The number of carbonyl (C=O) groups is 2. The molecule has 0 spiro atoms. The van der Waals surface area contributed by atoms with E-state index < -0.39 is 17.7 Å². The second kappa shape index (κ2) is 10.2. The Kier molecular flexibility index (Phi) is 7.26. The van der Waals surface area contributed by atoms with Gasteiger partial charge in [0.1, 0.15) is 23.0 Å². The lowest BCUT2D eigenvalue weighted by atomic mass is 9.94. The highest BCUT2D eigenvalue weighted by Crippen LogP contribution is 2.45. The summed E-state index contributed by atoms with van der Waals surface area (Å²) in [7, 11) is 2.90. The number of nitrogens with zero attached hydrogens (tertiary/aromatic N) is 1. The van der Waals surface area contributed by atoms with E-state index in [2.05, 4.69) is 0 Å². The summed E-state index contributed by atoms with van der Waals surface area (Å²) in [5.74, 6) is -0.400. The summed E-state index contributed by atoms with van der Waals surface area (Å²) >= 11 is 6.24. The molecule has 1 unspecified atom stereocenters. The number of halogens is 1. The van der Waals surface area contributed by atoms with Gasteiger partial charge in [0.15, 0.2) is 0 Å². The number of methoxy groups -OCH3 is 2. The third-order valence-corrected chi connectivity index (χ3v) is 6.79. The molecule has 0 bridgehead atoms. The Morgan fingerprint density at radius 2 is 1.66 bits per heavy atom. The van der Waals surface area contributed by atoms with Crippen LogP contribution in [-0.4, -0.2) is 48.1 Å². The molecule has 2 aromatic rings. The van der Waals surface area contributed by atoms with Gasteiger partial charge >= 0.3 is 0 Å². The van der Waals surface area contributed by atoms with Crippen LogP contribution < -0.4 is 14.2 Å². The minimum Gasteiger partial charge on any atom is -0.507 e. The first kappa shape index (κ1) is 24.9. The number of aliphatic hydroxyl groups is 1. The molecule has 2 aromatic carbocycles. The Bertz CT molecular complexity index is 1150. The van der Waals surface area contributed by atoms with Crippen molar-refractivity contribution in [3.05, 3.63) is 58.1 Å². The summed E-state index contributed by atoms with van der Waals surface area (Å²) in [4.78, 5) is 28.3. The first-order valence-electron chi connectivity index (χ1n) is 11.8. The molecule has 1 amide bonds. The number of ether oxygens (including phenoxy) is 3. The molecule has 4 rings (SSSR count). The van der Waals surface area contributed by atoms with E-state index in [1.165, 1.54) is 26.4 Å². The van der Waals surface area contributed by atoms with Crippen LogP contribution in [0.3, 0.4) is 0 Å². The Labute approximate surface area is 210 Å². The highest BCUT2D eigenvalue weighted by atomic mass is 35.5. The van der Waals surface area contributed by atoms with Gasteiger partial charge in [-0.15, -0.1) is 0 Å². The number of likely N-dealkylation sites (tertiary alicyclic amines) is 1. The second-order valence-electron chi connectivity index (χ2n) is 9.07. The zero-order valence-corrected chi connectivity index (χ0v) is 21.1. The Morgan fingerprint density at radius 3 is 2.23 bits per heavy atom. The van der Waals surface area contributed by atoms with Gasteiger partial charge < -0.3 is 24.2 Å². The van der Waals surface area contributed by atoms with Crippen molar-refractivity contribution < 1.29 is 28.9 Å². The molecule has 1 aliphatic heterocycles. The SMILES string of the molecule is COc1cc(/C(O)=C2\C(=O)C(=O)N(C3CCCC3)C2c2ccc(OC(C)C)cc2)c(OC)cc1Cl. The maximum absolute atomic E-state index is 13.4. The average Bonchev–Trinajstić information content (AvgIpc) is 3.45. The molecule has 1 aliphatic carbocycles. The van der Waals surface area contributed by atoms with Gasteiger partial charge in [-0.3, -0.25) is 9.59 Å². The standard InChI is InChI=1S/C27H30ClNO6/c1-15(2)35-18-11-9-16(10-12-18)24-23(26(31)27(32)29(24)17-7-5-6-8-17)25(30)19-13-22(34-4)20(28)14-21(19)33-3/h9-15,17,24,30H,5-8H2,1-4H3/b25-23+. The lowest BCUT2D eigenvalue weighted by Gasteiger charge is -2.31. The van der Waals surface area contributed by atoms with E-state index in [0.717, 1.165) is 25.7 Å². The molecule has 1 N–H and O–H groups in total. The highest BCUT2D eigenvalue weighted by molar-refractivity contribution is 6.46. The molecule has 1 saturated heterocycles. The zero-order valence-electron chi connectivity index (χ0n) is 20.3. The van der Waals surface area contributed by atoms with Crippen LogP contribution in [0.4, 0.5) is 0 Å². The molecular formula is C27H30ClNO6. The monoisotopic (exact) mass is 499 g/mol. The van der Waals surface area contributed by atoms with Crippen molar-refractivity contribution in [1.29, 1.82) is 0 Å². The van der Waals surface area contributed by atoms with Crippen molar-refractivity contribution in [2.75, 3.05) is 14.2 Å². The molecule has 0 radical (unpaired) electrons. The van der Waals surface area contributed by atoms with E-state index in [1.54, 1.807) is 4.90 Å². The number of ketones is 1. The minimum absolute atomic E-state index is 0.0114. The van der Waals surface area contributed by atoms with Crippen LogP contribution in [0.5, 0.6) is 17.2 Å². The normalized spacial score (nSPS) is 20.1. The molecule has 186 valence electrons. The summed E-state index contributed by atoms with van der Waals surface area (Å²) in [6.07, 6.45) is 3.62. The van der Waals surface area contributed by atoms with Gasteiger partial charge in [0.25, 0.3) is 11.7 Å². The molecular weight excluding hydrogens is 470 g/mol. The molecule has 2 fully saturated rings. The van der Waals surface area contributed by atoms with E-state index in [0.29, 0.717) is 22.1 Å². The van der Waals surface area contributed by atoms with Crippen molar-refractivity contribution in [2.24, 2.45) is 0 Å². The van der Waals surface area contributed by atoms with Crippen molar-refractivity contribution >= 4 is 29.1 Å². The summed E-state index contributed by atoms with van der Waals surface area (Å²) < 4.78 is 16.5. The fraction of sp³-hybridized carbons (Fsp3) is 0.407. The highest BCUT2D eigenvalue weighted by Gasteiger charge is 2.49. The first-order valence-corrected chi connectivity index (χ1v) is 12.1. The van der Waals surface area contributed by atoms with Crippen LogP contribution in [0.2, 0.25) is 5.02 Å². The molecule has 1 saturated carbocycles. The number of benzene rings is 2. The topological polar surface area (TPSA) is 85.3 Å². The van der Waals surface area contributed by atoms with E-state index in [9.17, 15) is 14.7 Å². The van der Waals surface area contributed by atoms with Crippen molar-refractivity contribution in [3.63, 3.8) is 0 Å². The number of rotatable bonds is 7. The quantitative estimate of drug-likeness (QED) is 0.307. The maximum atomic E-state index is 13.4. The number of carbonyl (C=O) groups excluding carboxylic acids is 2. The third-order valence-electron chi connectivity index (χ3n) is 6.49. The van der Waals surface area contributed by atoms with E-state index in [1.807, 2.05) is 38.1 Å². The van der Waals surface area contributed by atoms with Crippen LogP contribution in [0.25, 0.3) is 5.76 Å². The molecule has 7 nitrogen and oxygen atoms in total. The summed E-state index contributed by atoms with van der Waals surface area (Å²) in [6.45, 7) is 3.88. The van der Waals surface area contributed by atoms with Crippen LogP contribution >= 0.6 is 11.6 Å². The van der Waals surface area contributed by atoms with Gasteiger partial charge in [-0.1, -0.05) is 36.6 Å². The first-order chi connectivity index (χ1) is 16.8. The average molecular weight is 500 g/mol. The molecule has 8 heteroatoms. The van der Waals surface area contributed by atoms with Crippen molar-refractivity contribution in [2.45, 2.75) is 57.7 Å². The number of aliphatic hydroxyl groups excluding tert-OH is 1. The fourth-order valence-electron chi connectivity index (χ4n) is 4.93. The number of hydrogen-bond donors (Lipinski definition) is 1. The summed E-state index contributed by atoms with van der Waals surface area (Å²) in [5, 5.41) is 11.8. The molecule has 1 heterocycles. The van der Waals surface area contributed by atoms with Crippen LogP contribution in [0.15, 0.2) is 42.0 Å². The molecule has 0 aromatic heterocycles. The van der Waals surface area contributed by atoms with Gasteiger partial charge in [-0.2, -0.15) is 0 Å². The smallest absolute Gasteiger partial charge is 0.295 e. The predicted molar refractivity (Wildman–Crippen MR) is 133 cm³/mol. The van der Waals surface area contributed by atoms with Crippen LogP contribution in [0, 0.1) is 0 Å². The maximum Gasteiger partial charge on any atom is 0.295 e. The summed E-state index contributed by atoms with van der Waals surface area (Å²) in [5.41, 5.74) is 0.957. The third kappa shape index (κ3) is 4.69. The molecule has 1 atom stereocenters. The van der Waals surface area contributed by atoms with Gasteiger partial charge in [-0.05, 0) is 50.5 Å². The van der Waals surface area contributed by atoms with E-state index >= 15 is 0 Å². The number of hydrogen-bond acceptors (Lipinski definition) is 6. The Hall–Kier alpha value is -3.19. The van der Waals surface area contributed by atoms with Gasteiger partial charge in [0.05, 0.1) is 42.5 Å².